The Balaban J connectivity index is 1.82. The summed E-state index contributed by atoms with van der Waals surface area (Å²) in [7, 11) is 0. The molecule has 0 radical (unpaired) electrons. The number of halogens is 3. The van der Waals surface area contributed by atoms with Gasteiger partial charge in [-0.1, -0.05) is 6.07 Å². The highest BCUT2D eigenvalue weighted by Crippen LogP contribution is 2.24. The lowest BCUT2D eigenvalue weighted by Crippen LogP contribution is -2.26. The summed E-state index contributed by atoms with van der Waals surface area (Å²) in [6, 6.07) is 10.1. The van der Waals surface area contributed by atoms with Crippen molar-refractivity contribution in [3.8, 4) is 5.75 Å². The monoisotopic (exact) mass is 357 g/mol. The van der Waals surface area contributed by atoms with E-state index in [9.17, 15) is 13.9 Å². The van der Waals surface area contributed by atoms with Crippen molar-refractivity contribution in [2.24, 2.45) is 0 Å². The van der Waals surface area contributed by atoms with E-state index in [1.807, 2.05) is 0 Å². The van der Waals surface area contributed by atoms with Gasteiger partial charge in [0.25, 0.3) is 0 Å². The maximum absolute atomic E-state index is 13.5. The molecule has 3 nitrogen and oxygen atoms in total. The number of benzene rings is 2. The maximum Gasteiger partial charge on any atom is 0.147 e. The molecule has 0 saturated heterocycles. The van der Waals surface area contributed by atoms with Gasteiger partial charge in [-0.05, 0) is 52.3 Å². The molecular weight excluding hydrogens is 344 g/mol. The number of rotatable bonds is 6. The number of aliphatic hydroxyl groups excluding tert-OH is 1. The zero-order valence-corrected chi connectivity index (χ0v) is 12.6. The molecule has 112 valence electrons. The van der Waals surface area contributed by atoms with E-state index in [0.717, 1.165) is 0 Å². The summed E-state index contributed by atoms with van der Waals surface area (Å²) in [5, 5.41) is 12.6. The number of aliphatic hydroxyl groups is 1. The normalized spacial score (nSPS) is 12.0. The summed E-state index contributed by atoms with van der Waals surface area (Å²) in [6.45, 7) is 0.144. The third-order valence-corrected chi connectivity index (χ3v) is 3.39. The predicted molar refractivity (Wildman–Crippen MR) is 80.5 cm³/mol. The molecule has 0 bridgehead atoms. The van der Waals surface area contributed by atoms with Gasteiger partial charge in [0.15, 0.2) is 0 Å². The van der Waals surface area contributed by atoms with Crippen LogP contribution >= 0.6 is 15.9 Å². The van der Waals surface area contributed by atoms with Crippen LogP contribution in [0.15, 0.2) is 46.9 Å². The first-order valence-electron chi connectivity index (χ1n) is 6.30. The van der Waals surface area contributed by atoms with Crippen LogP contribution in [0.25, 0.3) is 0 Å². The Morgan fingerprint density at radius 3 is 2.52 bits per heavy atom. The molecule has 0 heterocycles. The molecule has 0 aliphatic heterocycles. The molecule has 2 aromatic rings. The van der Waals surface area contributed by atoms with Crippen molar-refractivity contribution in [2.45, 2.75) is 6.10 Å². The first-order chi connectivity index (χ1) is 10.1. The highest BCUT2D eigenvalue weighted by atomic mass is 79.9. The van der Waals surface area contributed by atoms with Gasteiger partial charge in [-0.25, -0.2) is 8.78 Å². The fourth-order valence-electron chi connectivity index (χ4n) is 1.67. The molecule has 6 heteroatoms. The fraction of sp³-hybridized carbons (Fsp3) is 0.200. The van der Waals surface area contributed by atoms with Crippen LogP contribution in [0.2, 0.25) is 0 Å². The number of anilines is 1. The standard InChI is InChI=1S/C15H14BrF2NO2/c16-13-2-1-3-14(18)15(13)19-8-11(20)9-21-12-6-4-10(17)5-7-12/h1-7,11,19-20H,8-9H2. The van der Waals surface area contributed by atoms with Gasteiger partial charge in [-0.3, -0.25) is 0 Å². The summed E-state index contributed by atoms with van der Waals surface area (Å²) in [4.78, 5) is 0. The van der Waals surface area contributed by atoms with Crippen LogP contribution in [0.4, 0.5) is 14.5 Å². The Morgan fingerprint density at radius 1 is 1.14 bits per heavy atom. The van der Waals surface area contributed by atoms with Gasteiger partial charge in [-0.15, -0.1) is 0 Å². The molecule has 0 aliphatic carbocycles. The van der Waals surface area contributed by atoms with E-state index in [0.29, 0.717) is 15.9 Å². The molecule has 2 aromatic carbocycles. The van der Waals surface area contributed by atoms with E-state index < -0.39 is 11.9 Å². The zero-order valence-electron chi connectivity index (χ0n) is 11.0. The summed E-state index contributed by atoms with van der Waals surface area (Å²) < 4.78 is 32.2. The van der Waals surface area contributed by atoms with Crippen molar-refractivity contribution in [2.75, 3.05) is 18.5 Å². The van der Waals surface area contributed by atoms with E-state index in [2.05, 4.69) is 21.2 Å². The van der Waals surface area contributed by atoms with Crippen LogP contribution in [0.3, 0.4) is 0 Å². The Bertz CT molecular complexity index is 572. The van der Waals surface area contributed by atoms with E-state index in [1.54, 1.807) is 12.1 Å². The van der Waals surface area contributed by atoms with Crippen molar-refractivity contribution in [3.63, 3.8) is 0 Å². The Hall–Kier alpha value is -1.66. The molecule has 1 atom stereocenters. The number of hydrogen-bond acceptors (Lipinski definition) is 3. The minimum absolute atomic E-state index is 0.0186. The summed E-state index contributed by atoms with van der Waals surface area (Å²) in [6.07, 6.45) is -0.832. The van der Waals surface area contributed by atoms with Crippen LogP contribution in [0.1, 0.15) is 0 Å². The van der Waals surface area contributed by atoms with Crippen molar-refractivity contribution in [1.82, 2.24) is 0 Å². The van der Waals surface area contributed by atoms with Crippen molar-refractivity contribution in [3.05, 3.63) is 58.6 Å². The van der Waals surface area contributed by atoms with Gasteiger partial charge < -0.3 is 15.2 Å². The van der Waals surface area contributed by atoms with Gasteiger partial charge >= 0.3 is 0 Å². The highest BCUT2D eigenvalue weighted by Gasteiger charge is 2.10. The average Bonchev–Trinajstić information content (AvgIpc) is 2.46. The van der Waals surface area contributed by atoms with Crippen LogP contribution in [-0.4, -0.2) is 24.4 Å². The van der Waals surface area contributed by atoms with Crippen LogP contribution in [-0.2, 0) is 0 Å². The maximum atomic E-state index is 13.5. The van der Waals surface area contributed by atoms with E-state index >= 15 is 0 Å². The number of hydrogen-bond donors (Lipinski definition) is 2. The molecule has 0 saturated carbocycles. The molecule has 2 N–H and O–H groups in total. The molecule has 2 rings (SSSR count). The predicted octanol–water partition coefficient (Wildman–Crippen LogP) is 3.58. The Labute approximate surface area is 129 Å². The largest absolute Gasteiger partial charge is 0.491 e. The molecule has 0 spiro atoms. The third-order valence-electron chi connectivity index (χ3n) is 2.73. The van der Waals surface area contributed by atoms with Crippen molar-refractivity contribution >= 4 is 21.6 Å². The van der Waals surface area contributed by atoms with Gasteiger partial charge in [0.1, 0.15) is 30.1 Å². The Morgan fingerprint density at radius 2 is 1.86 bits per heavy atom. The van der Waals surface area contributed by atoms with Gasteiger partial charge in [0.05, 0.1) is 5.69 Å². The van der Waals surface area contributed by atoms with Crippen LogP contribution in [0, 0.1) is 11.6 Å². The van der Waals surface area contributed by atoms with Crippen LogP contribution in [0.5, 0.6) is 5.75 Å². The Kier molecular flexibility index (Phi) is 5.52. The molecule has 0 fully saturated rings. The first kappa shape index (κ1) is 15.7. The molecule has 0 aliphatic rings. The quantitative estimate of drug-likeness (QED) is 0.830. The van der Waals surface area contributed by atoms with Crippen molar-refractivity contribution < 1.29 is 18.6 Å². The summed E-state index contributed by atoms with van der Waals surface area (Å²) in [5.41, 5.74) is 0.290. The highest BCUT2D eigenvalue weighted by molar-refractivity contribution is 9.10. The molecule has 21 heavy (non-hydrogen) atoms. The molecule has 1 unspecified atom stereocenters. The summed E-state index contributed by atoms with van der Waals surface area (Å²) >= 11 is 3.23. The molecule has 0 aromatic heterocycles. The molecule has 0 amide bonds. The number of nitrogens with one attached hydrogen (secondary N) is 1. The van der Waals surface area contributed by atoms with E-state index in [4.69, 9.17) is 4.74 Å². The van der Waals surface area contributed by atoms with Gasteiger partial charge in [-0.2, -0.15) is 0 Å². The zero-order chi connectivity index (χ0) is 15.2. The minimum atomic E-state index is -0.832. The number of ether oxygens (including phenoxy) is 1. The second-order valence-electron chi connectivity index (χ2n) is 4.40. The number of para-hydroxylation sites is 1. The molecular formula is C15H14BrF2NO2. The third kappa shape index (κ3) is 4.68. The van der Waals surface area contributed by atoms with E-state index in [-0.39, 0.29) is 19.0 Å². The lowest BCUT2D eigenvalue weighted by Gasteiger charge is -2.15. The van der Waals surface area contributed by atoms with Gasteiger partial charge in [0.2, 0.25) is 0 Å². The lowest BCUT2D eigenvalue weighted by atomic mass is 10.3. The lowest BCUT2D eigenvalue weighted by molar-refractivity contribution is 0.117. The fourth-order valence-corrected chi connectivity index (χ4v) is 2.15. The SMILES string of the molecule is OC(CNc1c(F)cccc1Br)COc1ccc(F)cc1. The van der Waals surface area contributed by atoms with Crippen molar-refractivity contribution in [1.29, 1.82) is 0 Å². The second kappa shape index (κ2) is 7.38. The van der Waals surface area contributed by atoms with Gasteiger partial charge in [0, 0.05) is 11.0 Å². The average molecular weight is 358 g/mol. The smallest absolute Gasteiger partial charge is 0.147 e. The topological polar surface area (TPSA) is 41.5 Å². The van der Waals surface area contributed by atoms with Crippen LogP contribution < -0.4 is 10.1 Å². The summed E-state index contributed by atoms with van der Waals surface area (Å²) in [5.74, 6) is -0.299. The minimum Gasteiger partial charge on any atom is -0.491 e. The first-order valence-corrected chi connectivity index (χ1v) is 7.10. The second-order valence-corrected chi connectivity index (χ2v) is 5.25. The van der Waals surface area contributed by atoms with E-state index in [1.165, 1.54) is 30.3 Å².